The van der Waals surface area contributed by atoms with Crippen molar-refractivity contribution in [1.82, 2.24) is 4.98 Å². The van der Waals surface area contributed by atoms with Gasteiger partial charge in [0, 0.05) is 5.69 Å². The van der Waals surface area contributed by atoms with E-state index in [9.17, 15) is 9.59 Å². The van der Waals surface area contributed by atoms with E-state index in [1.54, 1.807) is 19.1 Å². The Balaban J connectivity index is 1.92. The lowest BCUT2D eigenvalue weighted by molar-refractivity contribution is 0.0600. The standard InChI is InChI=1S/C18H18N2O4/c1-12-8-14(17(21)23-2)10-16(19-12)20-15(11-24-18(20)22)9-13-6-4-3-5-7-13/h3-8,10,15H,9,11H2,1-2H3/t15-/m0/s1. The van der Waals surface area contributed by atoms with E-state index in [1.807, 2.05) is 30.3 Å². The summed E-state index contributed by atoms with van der Waals surface area (Å²) < 4.78 is 9.96. The molecular weight excluding hydrogens is 308 g/mol. The number of benzene rings is 1. The fourth-order valence-corrected chi connectivity index (χ4v) is 2.79. The summed E-state index contributed by atoms with van der Waals surface area (Å²) in [6.45, 7) is 2.06. The van der Waals surface area contributed by atoms with Crippen LogP contribution in [0.2, 0.25) is 0 Å². The highest BCUT2D eigenvalue weighted by atomic mass is 16.6. The van der Waals surface area contributed by atoms with Crippen LogP contribution in [0, 0.1) is 6.92 Å². The predicted octanol–water partition coefficient (Wildman–Crippen LogP) is 2.74. The van der Waals surface area contributed by atoms with Gasteiger partial charge in [-0.2, -0.15) is 0 Å². The zero-order valence-electron chi connectivity index (χ0n) is 13.6. The highest BCUT2D eigenvalue weighted by molar-refractivity contribution is 5.93. The van der Waals surface area contributed by atoms with Gasteiger partial charge in [0.2, 0.25) is 0 Å². The van der Waals surface area contributed by atoms with Crippen molar-refractivity contribution < 1.29 is 19.1 Å². The number of rotatable bonds is 4. The van der Waals surface area contributed by atoms with E-state index in [0.717, 1.165) is 5.56 Å². The van der Waals surface area contributed by atoms with E-state index in [1.165, 1.54) is 12.0 Å². The third-order valence-corrected chi connectivity index (χ3v) is 3.88. The molecule has 1 atom stereocenters. The molecular formula is C18H18N2O4. The third kappa shape index (κ3) is 3.22. The minimum Gasteiger partial charge on any atom is -0.465 e. The summed E-state index contributed by atoms with van der Waals surface area (Å²) in [6, 6.07) is 12.9. The van der Waals surface area contributed by atoms with Gasteiger partial charge in [-0.3, -0.25) is 4.90 Å². The van der Waals surface area contributed by atoms with Gasteiger partial charge in [0.05, 0.1) is 18.7 Å². The lowest BCUT2D eigenvalue weighted by atomic mass is 10.1. The van der Waals surface area contributed by atoms with Crippen molar-refractivity contribution in [1.29, 1.82) is 0 Å². The average Bonchev–Trinajstić information content (AvgIpc) is 2.95. The molecule has 0 aliphatic carbocycles. The van der Waals surface area contributed by atoms with Crippen molar-refractivity contribution in [3.05, 3.63) is 59.3 Å². The molecule has 1 saturated heterocycles. The normalized spacial score (nSPS) is 16.8. The van der Waals surface area contributed by atoms with E-state index < -0.39 is 12.1 Å². The summed E-state index contributed by atoms with van der Waals surface area (Å²) in [5.41, 5.74) is 2.09. The Morgan fingerprint density at radius 1 is 1.33 bits per heavy atom. The van der Waals surface area contributed by atoms with Crippen LogP contribution in [0.15, 0.2) is 42.5 Å². The number of nitrogens with zero attached hydrogens (tertiary/aromatic N) is 2. The first-order valence-corrected chi connectivity index (χ1v) is 7.65. The second kappa shape index (κ2) is 6.70. The molecule has 2 heterocycles. The van der Waals surface area contributed by atoms with Crippen molar-refractivity contribution in [2.75, 3.05) is 18.6 Å². The maximum Gasteiger partial charge on any atom is 0.415 e. The number of esters is 1. The van der Waals surface area contributed by atoms with E-state index in [2.05, 4.69) is 4.98 Å². The van der Waals surface area contributed by atoms with Gasteiger partial charge in [-0.15, -0.1) is 0 Å². The van der Waals surface area contributed by atoms with Crippen LogP contribution in [0.25, 0.3) is 0 Å². The quantitative estimate of drug-likeness (QED) is 0.808. The van der Waals surface area contributed by atoms with Crippen molar-refractivity contribution in [2.45, 2.75) is 19.4 Å². The summed E-state index contributed by atoms with van der Waals surface area (Å²) in [7, 11) is 1.32. The van der Waals surface area contributed by atoms with E-state index >= 15 is 0 Å². The molecule has 3 rings (SSSR count). The Morgan fingerprint density at radius 2 is 2.08 bits per heavy atom. The second-order valence-electron chi connectivity index (χ2n) is 5.64. The van der Waals surface area contributed by atoms with Gasteiger partial charge in [-0.1, -0.05) is 30.3 Å². The molecule has 6 heteroatoms. The number of anilines is 1. The van der Waals surface area contributed by atoms with Gasteiger partial charge in [-0.25, -0.2) is 14.6 Å². The Hall–Kier alpha value is -2.89. The Morgan fingerprint density at radius 3 is 2.79 bits per heavy atom. The zero-order chi connectivity index (χ0) is 17.1. The summed E-state index contributed by atoms with van der Waals surface area (Å²) in [6.07, 6.45) is 0.195. The lowest BCUT2D eigenvalue weighted by Gasteiger charge is -2.21. The van der Waals surface area contributed by atoms with E-state index in [0.29, 0.717) is 23.5 Å². The number of aryl methyl sites for hydroxylation is 1. The predicted molar refractivity (Wildman–Crippen MR) is 88.1 cm³/mol. The highest BCUT2D eigenvalue weighted by Gasteiger charge is 2.35. The van der Waals surface area contributed by atoms with Crippen LogP contribution in [-0.4, -0.2) is 36.8 Å². The van der Waals surface area contributed by atoms with Crippen molar-refractivity contribution in [3.63, 3.8) is 0 Å². The number of methoxy groups -OCH3 is 1. The smallest absolute Gasteiger partial charge is 0.415 e. The number of hydrogen-bond acceptors (Lipinski definition) is 5. The van der Waals surface area contributed by atoms with Gasteiger partial charge in [0.25, 0.3) is 0 Å². The van der Waals surface area contributed by atoms with Crippen LogP contribution in [0.4, 0.5) is 10.6 Å². The van der Waals surface area contributed by atoms with Crippen LogP contribution in [0.1, 0.15) is 21.6 Å². The van der Waals surface area contributed by atoms with Gasteiger partial charge in [0.1, 0.15) is 12.4 Å². The van der Waals surface area contributed by atoms with E-state index in [-0.39, 0.29) is 12.6 Å². The number of ether oxygens (including phenoxy) is 2. The number of pyridine rings is 1. The molecule has 2 aromatic rings. The zero-order valence-corrected chi connectivity index (χ0v) is 13.6. The fourth-order valence-electron chi connectivity index (χ4n) is 2.79. The van der Waals surface area contributed by atoms with Gasteiger partial charge in [-0.05, 0) is 31.0 Å². The second-order valence-corrected chi connectivity index (χ2v) is 5.64. The number of carbonyl (C=O) groups excluding carboxylic acids is 2. The van der Waals surface area contributed by atoms with Crippen LogP contribution >= 0.6 is 0 Å². The molecule has 1 amide bonds. The SMILES string of the molecule is COC(=O)c1cc(C)nc(N2C(=O)OC[C@@H]2Cc2ccccc2)c1. The number of carbonyl (C=O) groups is 2. The first-order valence-electron chi connectivity index (χ1n) is 7.65. The number of amides is 1. The Bertz CT molecular complexity index is 761. The molecule has 1 aromatic carbocycles. The summed E-state index contributed by atoms with van der Waals surface area (Å²) in [5, 5.41) is 0. The molecule has 0 saturated carbocycles. The molecule has 124 valence electrons. The molecule has 1 fully saturated rings. The summed E-state index contributed by atoms with van der Waals surface area (Å²) in [5.74, 6) is -0.0623. The van der Waals surface area contributed by atoms with Crippen molar-refractivity contribution >= 4 is 17.9 Å². The first kappa shape index (κ1) is 16.0. The van der Waals surface area contributed by atoms with Crippen molar-refractivity contribution in [2.24, 2.45) is 0 Å². The minimum absolute atomic E-state index is 0.167. The Kier molecular flexibility index (Phi) is 4.46. The van der Waals surface area contributed by atoms with Gasteiger partial charge < -0.3 is 9.47 Å². The maximum atomic E-state index is 12.2. The lowest BCUT2D eigenvalue weighted by Crippen LogP contribution is -2.36. The van der Waals surface area contributed by atoms with Gasteiger partial charge >= 0.3 is 12.1 Å². The number of aromatic nitrogens is 1. The van der Waals surface area contributed by atoms with Gasteiger partial charge in [0.15, 0.2) is 0 Å². The van der Waals surface area contributed by atoms with Crippen LogP contribution < -0.4 is 4.90 Å². The average molecular weight is 326 g/mol. The van der Waals surface area contributed by atoms with Crippen LogP contribution in [-0.2, 0) is 15.9 Å². The summed E-state index contributed by atoms with van der Waals surface area (Å²) >= 11 is 0. The monoisotopic (exact) mass is 326 g/mol. The summed E-state index contributed by atoms with van der Waals surface area (Å²) in [4.78, 5) is 29.9. The molecule has 0 bridgehead atoms. The molecule has 1 aliphatic rings. The largest absolute Gasteiger partial charge is 0.465 e. The van der Waals surface area contributed by atoms with Crippen molar-refractivity contribution in [3.8, 4) is 0 Å². The van der Waals surface area contributed by atoms with Crippen LogP contribution in [0.3, 0.4) is 0 Å². The van der Waals surface area contributed by atoms with Crippen LogP contribution in [0.5, 0.6) is 0 Å². The third-order valence-electron chi connectivity index (χ3n) is 3.88. The molecule has 24 heavy (non-hydrogen) atoms. The van der Waals surface area contributed by atoms with E-state index in [4.69, 9.17) is 9.47 Å². The molecule has 1 aliphatic heterocycles. The molecule has 6 nitrogen and oxygen atoms in total. The number of cyclic esters (lactones) is 1. The Labute approximate surface area is 140 Å². The molecule has 0 spiro atoms. The highest BCUT2D eigenvalue weighted by Crippen LogP contribution is 2.25. The first-order chi connectivity index (χ1) is 11.6. The topological polar surface area (TPSA) is 68.7 Å². The molecule has 0 unspecified atom stereocenters. The minimum atomic E-state index is -0.464. The fraction of sp³-hybridized carbons (Fsp3) is 0.278. The molecule has 0 N–H and O–H groups in total. The maximum absolute atomic E-state index is 12.2. The molecule has 0 radical (unpaired) electrons. The number of hydrogen-bond donors (Lipinski definition) is 0. The molecule has 1 aromatic heterocycles.